The molecule has 1 amide bonds. The van der Waals surface area contributed by atoms with E-state index in [1.807, 2.05) is 60.1 Å². The summed E-state index contributed by atoms with van der Waals surface area (Å²) in [7, 11) is -1.44. The van der Waals surface area contributed by atoms with Crippen molar-refractivity contribution in [3.63, 3.8) is 0 Å². The Hall–Kier alpha value is -3.65. The Bertz CT molecular complexity index is 1340. The second-order valence-electron chi connectivity index (χ2n) is 6.97. The first-order valence-corrected chi connectivity index (χ1v) is 11.1. The van der Waals surface area contributed by atoms with Gasteiger partial charge in [0.05, 0.1) is 17.3 Å². The molecule has 0 saturated heterocycles. The van der Waals surface area contributed by atoms with Gasteiger partial charge in [0.25, 0.3) is 5.91 Å². The number of rotatable bonds is 5. The molecule has 0 radical (unpaired) electrons. The van der Waals surface area contributed by atoms with Crippen molar-refractivity contribution in [3.8, 4) is 11.4 Å². The molecule has 152 valence electrons. The average molecular weight is 420 g/mol. The van der Waals surface area contributed by atoms with E-state index in [-0.39, 0.29) is 5.91 Å². The van der Waals surface area contributed by atoms with Crippen molar-refractivity contribution >= 4 is 38.3 Å². The van der Waals surface area contributed by atoms with Crippen LogP contribution in [0, 0.1) is 0 Å². The SMILES string of the molecule is Cn1c(-c2ccc(NC(=O)c3cccc(NS(C)(=O)=O)c3)cc2)nc2ccccc21. The molecule has 4 rings (SSSR count). The molecule has 1 aromatic heterocycles. The molecular weight excluding hydrogens is 400 g/mol. The van der Waals surface area contributed by atoms with Gasteiger partial charge in [-0.2, -0.15) is 0 Å². The molecule has 0 bridgehead atoms. The van der Waals surface area contributed by atoms with Gasteiger partial charge >= 0.3 is 0 Å². The summed E-state index contributed by atoms with van der Waals surface area (Å²) in [6.07, 6.45) is 1.06. The largest absolute Gasteiger partial charge is 0.327 e. The number of anilines is 2. The number of carbonyl (C=O) groups is 1. The number of nitrogens with one attached hydrogen (secondary N) is 2. The third kappa shape index (κ3) is 4.18. The molecule has 30 heavy (non-hydrogen) atoms. The van der Waals surface area contributed by atoms with E-state index >= 15 is 0 Å². The molecule has 0 aliphatic carbocycles. The van der Waals surface area contributed by atoms with E-state index < -0.39 is 10.0 Å². The second-order valence-corrected chi connectivity index (χ2v) is 8.72. The van der Waals surface area contributed by atoms with Crippen LogP contribution in [-0.2, 0) is 17.1 Å². The third-order valence-corrected chi connectivity index (χ3v) is 5.22. The predicted molar refractivity (Wildman–Crippen MR) is 119 cm³/mol. The maximum Gasteiger partial charge on any atom is 0.255 e. The molecule has 7 nitrogen and oxygen atoms in total. The van der Waals surface area contributed by atoms with Gasteiger partial charge in [0.1, 0.15) is 5.82 Å². The van der Waals surface area contributed by atoms with Crippen LogP contribution in [0.15, 0.2) is 72.8 Å². The number of fused-ring (bicyclic) bond motifs is 1. The minimum absolute atomic E-state index is 0.331. The number of imidazole rings is 1. The van der Waals surface area contributed by atoms with Gasteiger partial charge < -0.3 is 9.88 Å². The maximum absolute atomic E-state index is 12.6. The quantitative estimate of drug-likeness (QED) is 0.513. The molecule has 0 atom stereocenters. The summed E-state index contributed by atoms with van der Waals surface area (Å²) in [5.41, 5.74) is 4.22. The highest BCUT2D eigenvalue weighted by molar-refractivity contribution is 7.92. The number of aryl methyl sites for hydroxylation is 1. The summed E-state index contributed by atoms with van der Waals surface area (Å²) in [4.78, 5) is 17.2. The number of para-hydroxylation sites is 2. The number of hydrogen-bond donors (Lipinski definition) is 2. The topological polar surface area (TPSA) is 93.1 Å². The molecular formula is C22H20N4O3S. The Balaban J connectivity index is 1.53. The Morgan fingerprint density at radius 3 is 2.37 bits per heavy atom. The van der Waals surface area contributed by atoms with Crippen molar-refractivity contribution in [2.75, 3.05) is 16.3 Å². The molecule has 0 saturated carbocycles. The molecule has 8 heteroatoms. The molecule has 1 heterocycles. The molecule has 0 fully saturated rings. The Morgan fingerprint density at radius 2 is 1.67 bits per heavy atom. The fourth-order valence-corrected chi connectivity index (χ4v) is 3.80. The van der Waals surface area contributed by atoms with Crippen molar-refractivity contribution in [2.45, 2.75) is 0 Å². The van der Waals surface area contributed by atoms with Gasteiger partial charge in [-0.05, 0) is 54.6 Å². The lowest BCUT2D eigenvalue weighted by Crippen LogP contribution is -2.13. The predicted octanol–water partition coefficient (Wildman–Crippen LogP) is 3.86. The number of sulfonamides is 1. The second kappa shape index (κ2) is 7.64. The fourth-order valence-electron chi connectivity index (χ4n) is 3.25. The van der Waals surface area contributed by atoms with Gasteiger partial charge in [-0.3, -0.25) is 9.52 Å². The molecule has 0 spiro atoms. The number of amides is 1. The van der Waals surface area contributed by atoms with E-state index in [0.29, 0.717) is 16.9 Å². The number of hydrogen-bond acceptors (Lipinski definition) is 4. The highest BCUT2D eigenvalue weighted by atomic mass is 32.2. The lowest BCUT2D eigenvalue weighted by atomic mass is 10.1. The lowest BCUT2D eigenvalue weighted by Gasteiger charge is -2.09. The fraction of sp³-hybridized carbons (Fsp3) is 0.0909. The zero-order valence-electron chi connectivity index (χ0n) is 16.5. The van der Waals surface area contributed by atoms with Gasteiger partial charge in [0, 0.05) is 29.5 Å². The van der Waals surface area contributed by atoms with Crippen molar-refractivity contribution in [2.24, 2.45) is 7.05 Å². The van der Waals surface area contributed by atoms with Crippen LogP contribution in [0.2, 0.25) is 0 Å². The van der Waals surface area contributed by atoms with Gasteiger partial charge in [-0.25, -0.2) is 13.4 Å². The van der Waals surface area contributed by atoms with E-state index in [9.17, 15) is 13.2 Å². The summed E-state index contributed by atoms with van der Waals surface area (Å²) < 4.78 is 27.2. The van der Waals surface area contributed by atoms with E-state index in [4.69, 9.17) is 0 Å². The summed E-state index contributed by atoms with van der Waals surface area (Å²) in [6, 6.07) is 21.7. The van der Waals surface area contributed by atoms with Crippen LogP contribution in [0.1, 0.15) is 10.4 Å². The number of benzene rings is 3. The first-order chi connectivity index (χ1) is 14.3. The molecule has 4 aromatic rings. The first-order valence-electron chi connectivity index (χ1n) is 9.21. The Kier molecular flexibility index (Phi) is 5.01. The van der Waals surface area contributed by atoms with E-state index in [0.717, 1.165) is 28.7 Å². The highest BCUT2D eigenvalue weighted by Crippen LogP contribution is 2.25. The van der Waals surface area contributed by atoms with Gasteiger partial charge in [-0.15, -0.1) is 0 Å². The van der Waals surface area contributed by atoms with Gasteiger partial charge in [0.2, 0.25) is 10.0 Å². The number of aromatic nitrogens is 2. The van der Waals surface area contributed by atoms with Crippen LogP contribution < -0.4 is 10.0 Å². The zero-order chi connectivity index (χ0) is 21.3. The summed E-state index contributed by atoms with van der Waals surface area (Å²) in [5, 5.41) is 2.82. The number of nitrogens with zero attached hydrogens (tertiary/aromatic N) is 2. The van der Waals surface area contributed by atoms with Crippen LogP contribution in [-0.4, -0.2) is 30.1 Å². The molecule has 0 unspecified atom stereocenters. The summed E-state index contributed by atoms with van der Waals surface area (Å²) >= 11 is 0. The van der Waals surface area contributed by atoms with E-state index in [1.54, 1.807) is 18.2 Å². The van der Waals surface area contributed by atoms with E-state index in [1.165, 1.54) is 6.07 Å². The maximum atomic E-state index is 12.6. The highest BCUT2D eigenvalue weighted by Gasteiger charge is 2.11. The molecule has 2 N–H and O–H groups in total. The third-order valence-electron chi connectivity index (χ3n) is 4.62. The normalized spacial score (nSPS) is 11.4. The summed E-state index contributed by atoms with van der Waals surface area (Å²) in [5.74, 6) is 0.510. The van der Waals surface area contributed by atoms with Crippen molar-refractivity contribution < 1.29 is 13.2 Å². The Morgan fingerprint density at radius 1 is 0.933 bits per heavy atom. The zero-order valence-corrected chi connectivity index (χ0v) is 17.3. The first kappa shape index (κ1) is 19.7. The van der Waals surface area contributed by atoms with E-state index in [2.05, 4.69) is 15.0 Å². The monoisotopic (exact) mass is 420 g/mol. The average Bonchev–Trinajstić information content (AvgIpc) is 3.04. The van der Waals surface area contributed by atoms with Crippen LogP contribution >= 0.6 is 0 Å². The van der Waals surface area contributed by atoms with Crippen molar-refractivity contribution in [1.29, 1.82) is 0 Å². The molecule has 3 aromatic carbocycles. The smallest absolute Gasteiger partial charge is 0.255 e. The lowest BCUT2D eigenvalue weighted by molar-refractivity contribution is 0.102. The van der Waals surface area contributed by atoms with Crippen molar-refractivity contribution in [3.05, 3.63) is 78.4 Å². The van der Waals surface area contributed by atoms with Crippen LogP contribution in [0.4, 0.5) is 11.4 Å². The van der Waals surface area contributed by atoms with Crippen molar-refractivity contribution in [1.82, 2.24) is 9.55 Å². The van der Waals surface area contributed by atoms with Crippen LogP contribution in [0.3, 0.4) is 0 Å². The Labute approximate surface area is 174 Å². The standard InChI is InChI=1S/C22H20N4O3S/c1-26-20-9-4-3-8-19(20)24-21(26)15-10-12-17(13-11-15)23-22(27)16-6-5-7-18(14-16)25-30(2,28)29/h3-14,25H,1-2H3,(H,23,27). The minimum Gasteiger partial charge on any atom is -0.327 e. The number of carbonyl (C=O) groups excluding carboxylic acids is 1. The van der Waals surface area contributed by atoms with Crippen LogP contribution in [0.5, 0.6) is 0 Å². The van der Waals surface area contributed by atoms with Gasteiger partial charge in [-0.1, -0.05) is 18.2 Å². The van der Waals surface area contributed by atoms with Crippen LogP contribution in [0.25, 0.3) is 22.4 Å². The van der Waals surface area contributed by atoms with Gasteiger partial charge in [0.15, 0.2) is 0 Å². The molecule has 0 aliphatic rings. The molecule has 0 aliphatic heterocycles. The summed E-state index contributed by atoms with van der Waals surface area (Å²) in [6.45, 7) is 0. The minimum atomic E-state index is -3.41.